The Morgan fingerprint density at radius 3 is 2.61 bits per heavy atom. The summed E-state index contributed by atoms with van der Waals surface area (Å²) in [5, 5.41) is 3.22. The van der Waals surface area contributed by atoms with E-state index in [-0.39, 0.29) is 11.8 Å². The molecule has 1 aliphatic heterocycles. The van der Waals surface area contributed by atoms with Crippen LogP contribution < -0.4 is 15.0 Å². The maximum atomic E-state index is 12.7. The molecule has 1 aliphatic rings. The zero-order chi connectivity index (χ0) is 16.4. The van der Waals surface area contributed by atoms with Gasteiger partial charge in [-0.1, -0.05) is 11.6 Å². The van der Waals surface area contributed by atoms with Crippen molar-refractivity contribution in [2.45, 2.75) is 6.92 Å². The molecule has 0 unspecified atom stereocenters. The zero-order valence-corrected chi connectivity index (χ0v) is 13.3. The number of hydrogen-bond acceptors (Lipinski definition) is 3. The lowest BCUT2D eigenvalue weighted by Gasteiger charge is -2.29. The summed E-state index contributed by atoms with van der Waals surface area (Å²) in [6.07, 6.45) is 0. The molecule has 0 spiro atoms. The number of hydrogen-bond donors (Lipinski definition) is 1. The standard InChI is InChI=1S/C17H15ClN2O3/c1-11(21)19-14-5-2-12(3-6-14)17(22)20-8-9-23-16-7-4-13(18)10-15(16)20/h2-7,10H,8-9H2,1H3,(H,19,21). The van der Waals surface area contributed by atoms with Gasteiger partial charge < -0.3 is 15.0 Å². The fourth-order valence-electron chi connectivity index (χ4n) is 2.46. The Morgan fingerprint density at radius 1 is 1.17 bits per heavy atom. The Balaban J connectivity index is 1.87. The maximum Gasteiger partial charge on any atom is 0.258 e. The highest BCUT2D eigenvalue weighted by Gasteiger charge is 2.24. The molecule has 118 valence electrons. The quantitative estimate of drug-likeness (QED) is 0.918. The molecule has 3 rings (SSSR count). The first kappa shape index (κ1) is 15.4. The third kappa shape index (κ3) is 3.29. The highest BCUT2D eigenvalue weighted by Crippen LogP contribution is 2.34. The van der Waals surface area contributed by atoms with Crippen LogP contribution in [0.2, 0.25) is 5.02 Å². The average molecular weight is 331 g/mol. The van der Waals surface area contributed by atoms with E-state index in [1.54, 1.807) is 47.4 Å². The molecule has 5 nitrogen and oxygen atoms in total. The molecular formula is C17H15ClN2O3. The lowest BCUT2D eigenvalue weighted by molar-refractivity contribution is -0.114. The minimum absolute atomic E-state index is 0.133. The minimum atomic E-state index is -0.152. The van der Waals surface area contributed by atoms with Crippen molar-refractivity contribution < 1.29 is 14.3 Å². The molecule has 0 aromatic heterocycles. The van der Waals surface area contributed by atoms with Crippen LogP contribution in [0.15, 0.2) is 42.5 Å². The molecule has 0 atom stereocenters. The number of halogens is 1. The number of amides is 2. The number of carbonyl (C=O) groups excluding carboxylic acids is 2. The van der Waals surface area contributed by atoms with Crippen molar-refractivity contribution in [3.63, 3.8) is 0 Å². The van der Waals surface area contributed by atoms with Crippen LogP contribution in [0.25, 0.3) is 0 Å². The van der Waals surface area contributed by atoms with E-state index in [2.05, 4.69) is 5.32 Å². The minimum Gasteiger partial charge on any atom is -0.490 e. The number of anilines is 2. The van der Waals surface area contributed by atoms with Gasteiger partial charge in [0.1, 0.15) is 12.4 Å². The molecule has 0 fully saturated rings. The molecule has 2 aromatic rings. The molecule has 23 heavy (non-hydrogen) atoms. The van der Waals surface area contributed by atoms with E-state index < -0.39 is 0 Å². The molecule has 6 heteroatoms. The van der Waals surface area contributed by atoms with Crippen molar-refractivity contribution in [3.8, 4) is 5.75 Å². The second kappa shape index (κ2) is 6.30. The third-order valence-corrected chi connectivity index (χ3v) is 3.72. The van der Waals surface area contributed by atoms with Crippen molar-refractivity contribution in [3.05, 3.63) is 53.1 Å². The van der Waals surface area contributed by atoms with Crippen molar-refractivity contribution in [2.75, 3.05) is 23.4 Å². The van der Waals surface area contributed by atoms with Gasteiger partial charge in [0.25, 0.3) is 5.91 Å². The smallest absolute Gasteiger partial charge is 0.258 e. The van der Waals surface area contributed by atoms with Gasteiger partial charge in [-0.15, -0.1) is 0 Å². The van der Waals surface area contributed by atoms with Gasteiger partial charge in [-0.3, -0.25) is 9.59 Å². The summed E-state index contributed by atoms with van der Waals surface area (Å²) in [4.78, 5) is 25.4. The monoisotopic (exact) mass is 330 g/mol. The summed E-state index contributed by atoms with van der Waals surface area (Å²) in [5.74, 6) is 0.357. The normalized spacial score (nSPS) is 13.0. The number of ether oxygens (including phenoxy) is 1. The van der Waals surface area contributed by atoms with Crippen LogP contribution in [0.4, 0.5) is 11.4 Å². The summed E-state index contributed by atoms with van der Waals surface area (Å²) in [6, 6.07) is 12.0. The van der Waals surface area contributed by atoms with E-state index in [0.717, 1.165) is 0 Å². The Kier molecular flexibility index (Phi) is 4.21. The Hall–Kier alpha value is -2.53. The fourth-order valence-corrected chi connectivity index (χ4v) is 2.62. The van der Waals surface area contributed by atoms with Gasteiger partial charge in [-0.25, -0.2) is 0 Å². The van der Waals surface area contributed by atoms with Gasteiger partial charge in [0.05, 0.1) is 12.2 Å². The first-order chi connectivity index (χ1) is 11.0. The molecule has 0 aliphatic carbocycles. The SMILES string of the molecule is CC(=O)Nc1ccc(C(=O)N2CCOc3ccc(Cl)cc32)cc1. The first-order valence-corrected chi connectivity index (χ1v) is 7.54. The predicted molar refractivity (Wildman–Crippen MR) is 89.4 cm³/mol. The molecule has 0 bridgehead atoms. The topological polar surface area (TPSA) is 58.6 Å². The van der Waals surface area contributed by atoms with E-state index in [1.807, 2.05) is 0 Å². The van der Waals surface area contributed by atoms with Gasteiger partial charge >= 0.3 is 0 Å². The maximum absolute atomic E-state index is 12.7. The Labute approximate surface area is 138 Å². The number of rotatable bonds is 2. The van der Waals surface area contributed by atoms with Crippen LogP contribution in [0.5, 0.6) is 5.75 Å². The molecule has 2 aromatic carbocycles. The molecule has 1 heterocycles. The van der Waals surface area contributed by atoms with Crippen LogP contribution in [0, 0.1) is 0 Å². The highest BCUT2D eigenvalue weighted by atomic mass is 35.5. The summed E-state index contributed by atoms with van der Waals surface area (Å²) >= 11 is 6.03. The van der Waals surface area contributed by atoms with Crippen LogP contribution >= 0.6 is 11.6 Å². The molecule has 1 N–H and O–H groups in total. The van der Waals surface area contributed by atoms with Crippen molar-refractivity contribution >= 4 is 34.8 Å². The number of nitrogens with zero attached hydrogens (tertiary/aromatic N) is 1. The van der Waals surface area contributed by atoms with Crippen LogP contribution in [-0.4, -0.2) is 25.0 Å². The van der Waals surface area contributed by atoms with Crippen molar-refractivity contribution in [1.29, 1.82) is 0 Å². The van der Waals surface area contributed by atoms with Gasteiger partial charge in [0.15, 0.2) is 0 Å². The largest absolute Gasteiger partial charge is 0.490 e. The molecule has 0 saturated heterocycles. The van der Waals surface area contributed by atoms with E-state index in [1.165, 1.54) is 6.92 Å². The Bertz CT molecular complexity index is 759. The lowest BCUT2D eigenvalue weighted by Crippen LogP contribution is -2.37. The summed E-state index contributed by atoms with van der Waals surface area (Å²) in [7, 11) is 0. The third-order valence-electron chi connectivity index (χ3n) is 3.48. The van der Waals surface area contributed by atoms with Gasteiger partial charge in [0, 0.05) is 23.2 Å². The summed E-state index contributed by atoms with van der Waals surface area (Å²) in [6.45, 7) is 2.33. The molecular weight excluding hydrogens is 316 g/mol. The van der Waals surface area contributed by atoms with Crippen LogP contribution in [0.3, 0.4) is 0 Å². The predicted octanol–water partition coefficient (Wildman–Crippen LogP) is 3.34. The zero-order valence-electron chi connectivity index (χ0n) is 12.5. The number of fused-ring (bicyclic) bond motifs is 1. The Morgan fingerprint density at radius 2 is 1.91 bits per heavy atom. The fraction of sp³-hybridized carbons (Fsp3) is 0.176. The highest BCUT2D eigenvalue weighted by molar-refractivity contribution is 6.31. The van der Waals surface area contributed by atoms with E-state index in [4.69, 9.17) is 16.3 Å². The van der Waals surface area contributed by atoms with Crippen molar-refractivity contribution in [1.82, 2.24) is 0 Å². The summed E-state index contributed by atoms with van der Waals surface area (Å²) < 4.78 is 5.56. The van der Waals surface area contributed by atoms with Gasteiger partial charge in [0.2, 0.25) is 5.91 Å². The average Bonchev–Trinajstić information content (AvgIpc) is 2.54. The number of nitrogens with one attached hydrogen (secondary N) is 1. The van der Waals surface area contributed by atoms with Crippen molar-refractivity contribution in [2.24, 2.45) is 0 Å². The molecule has 0 radical (unpaired) electrons. The van der Waals surface area contributed by atoms with Gasteiger partial charge in [-0.2, -0.15) is 0 Å². The van der Waals surface area contributed by atoms with E-state index >= 15 is 0 Å². The van der Waals surface area contributed by atoms with Gasteiger partial charge in [-0.05, 0) is 42.5 Å². The van der Waals surface area contributed by atoms with E-state index in [0.29, 0.717) is 40.9 Å². The second-order valence-corrected chi connectivity index (χ2v) is 5.61. The van der Waals surface area contributed by atoms with Crippen LogP contribution in [-0.2, 0) is 4.79 Å². The lowest BCUT2D eigenvalue weighted by atomic mass is 10.1. The first-order valence-electron chi connectivity index (χ1n) is 7.16. The summed E-state index contributed by atoms with van der Waals surface area (Å²) in [5.41, 5.74) is 1.85. The number of carbonyl (C=O) groups is 2. The number of benzene rings is 2. The van der Waals surface area contributed by atoms with Crippen LogP contribution in [0.1, 0.15) is 17.3 Å². The molecule has 0 saturated carbocycles. The molecule has 2 amide bonds. The van der Waals surface area contributed by atoms with E-state index in [9.17, 15) is 9.59 Å². The second-order valence-electron chi connectivity index (χ2n) is 5.18.